The standard InChI is InChI=1S/C13H21ClN2O3/c14-6-2-1-3-12(17)16-7-8-19-9-11(16)13(18)15-10-4-5-10/h10-11H,1-9H2,(H,15,18). The number of carbonyl (C=O) groups is 2. The maximum absolute atomic E-state index is 12.1. The van der Waals surface area contributed by atoms with Crippen molar-refractivity contribution < 1.29 is 14.3 Å². The largest absolute Gasteiger partial charge is 0.377 e. The topological polar surface area (TPSA) is 58.6 Å². The Morgan fingerprint density at radius 1 is 1.32 bits per heavy atom. The van der Waals surface area contributed by atoms with Crippen LogP contribution in [-0.2, 0) is 14.3 Å². The van der Waals surface area contributed by atoms with E-state index in [1.54, 1.807) is 4.90 Å². The lowest BCUT2D eigenvalue weighted by Gasteiger charge is -2.34. The van der Waals surface area contributed by atoms with Gasteiger partial charge in [-0.2, -0.15) is 0 Å². The summed E-state index contributed by atoms with van der Waals surface area (Å²) in [7, 11) is 0. The summed E-state index contributed by atoms with van der Waals surface area (Å²) in [6.45, 7) is 1.32. The van der Waals surface area contributed by atoms with E-state index >= 15 is 0 Å². The lowest BCUT2D eigenvalue weighted by molar-refractivity contribution is -0.148. The van der Waals surface area contributed by atoms with Crippen molar-refractivity contribution in [1.29, 1.82) is 0 Å². The molecule has 1 N–H and O–H groups in total. The number of carbonyl (C=O) groups excluding carboxylic acids is 2. The molecule has 1 saturated heterocycles. The summed E-state index contributed by atoms with van der Waals surface area (Å²) < 4.78 is 5.34. The van der Waals surface area contributed by atoms with Crippen LogP contribution in [0.25, 0.3) is 0 Å². The van der Waals surface area contributed by atoms with Gasteiger partial charge in [0.1, 0.15) is 6.04 Å². The molecule has 19 heavy (non-hydrogen) atoms. The summed E-state index contributed by atoms with van der Waals surface area (Å²) in [5.41, 5.74) is 0. The quantitative estimate of drug-likeness (QED) is 0.584. The molecule has 0 aromatic heterocycles. The van der Waals surface area contributed by atoms with Crippen molar-refractivity contribution in [3.63, 3.8) is 0 Å². The first kappa shape index (κ1) is 14.6. The summed E-state index contributed by atoms with van der Waals surface area (Å²) in [5.74, 6) is 0.527. The van der Waals surface area contributed by atoms with Gasteiger partial charge in [0.05, 0.1) is 13.2 Å². The van der Waals surface area contributed by atoms with Gasteiger partial charge in [0.15, 0.2) is 0 Å². The number of morpholine rings is 1. The lowest BCUT2D eigenvalue weighted by Crippen LogP contribution is -2.56. The van der Waals surface area contributed by atoms with E-state index in [1.807, 2.05) is 0 Å². The number of rotatable bonds is 6. The zero-order chi connectivity index (χ0) is 13.7. The molecule has 0 spiro atoms. The van der Waals surface area contributed by atoms with Crippen molar-refractivity contribution in [2.75, 3.05) is 25.6 Å². The summed E-state index contributed by atoms with van der Waals surface area (Å²) in [5, 5.41) is 2.94. The van der Waals surface area contributed by atoms with Crippen LogP contribution in [0.3, 0.4) is 0 Å². The maximum Gasteiger partial charge on any atom is 0.245 e. The Labute approximate surface area is 118 Å². The third-order valence-electron chi connectivity index (χ3n) is 3.45. The third-order valence-corrected chi connectivity index (χ3v) is 3.72. The molecule has 2 aliphatic rings. The summed E-state index contributed by atoms with van der Waals surface area (Å²) >= 11 is 5.61. The van der Waals surface area contributed by atoms with Gasteiger partial charge in [-0.05, 0) is 25.7 Å². The van der Waals surface area contributed by atoms with Gasteiger partial charge >= 0.3 is 0 Å². The zero-order valence-corrected chi connectivity index (χ0v) is 11.8. The number of hydrogen-bond donors (Lipinski definition) is 1. The molecule has 1 saturated carbocycles. The molecule has 1 unspecified atom stereocenters. The fraction of sp³-hybridized carbons (Fsp3) is 0.846. The molecular weight excluding hydrogens is 268 g/mol. The number of ether oxygens (including phenoxy) is 1. The smallest absolute Gasteiger partial charge is 0.245 e. The Morgan fingerprint density at radius 3 is 2.79 bits per heavy atom. The average Bonchev–Trinajstić information content (AvgIpc) is 3.23. The van der Waals surface area contributed by atoms with Crippen LogP contribution in [-0.4, -0.2) is 54.4 Å². The monoisotopic (exact) mass is 288 g/mol. The molecule has 108 valence electrons. The molecule has 0 aromatic rings. The van der Waals surface area contributed by atoms with Crippen LogP contribution in [0.4, 0.5) is 0 Å². The van der Waals surface area contributed by atoms with Crippen LogP contribution in [0.2, 0.25) is 0 Å². The predicted molar refractivity (Wildman–Crippen MR) is 72.1 cm³/mol. The fourth-order valence-corrected chi connectivity index (χ4v) is 2.35. The van der Waals surface area contributed by atoms with Crippen LogP contribution < -0.4 is 5.32 Å². The number of unbranched alkanes of at least 4 members (excludes halogenated alkanes) is 1. The average molecular weight is 289 g/mol. The second-order valence-electron chi connectivity index (χ2n) is 5.11. The Balaban J connectivity index is 1.86. The van der Waals surface area contributed by atoms with Gasteiger partial charge in [-0.3, -0.25) is 9.59 Å². The summed E-state index contributed by atoms with van der Waals surface area (Å²) in [6, 6.07) is -0.152. The van der Waals surface area contributed by atoms with E-state index in [-0.39, 0.29) is 11.8 Å². The molecule has 5 nitrogen and oxygen atoms in total. The molecule has 0 aromatic carbocycles. The van der Waals surface area contributed by atoms with Gasteiger partial charge in [-0.1, -0.05) is 0 Å². The van der Waals surface area contributed by atoms with Crippen LogP contribution >= 0.6 is 11.6 Å². The van der Waals surface area contributed by atoms with Crippen molar-refractivity contribution in [1.82, 2.24) is 10.2 Å². The first-order valence-electron chi connectivity index (χ1n) is 6.96. The van der Waals surface area contributed by atoms with E-state index in [2.05, 4.69) is 5.32 Å². The Bertz CT molecular complexity index is 334. The minimum absolute atomic E-state index is 0.0318. The SMILES string of the molecule is O=C(NC1CC1)C1COCCN1C(=O)CCCCCl. The van der Waals surface area contributed by atoms with Crippen molar-refractivity contribution in [2.45, 2.75) is 44.2 Å². The second kappa shape index (κ2) is 7.10. The van der Waals surface area contributed by atoms with Crippen molar-refractivity contribution in [3.05, 3.63) is 0 Å². The van der Waals surface area contributed by atoms with Crippen molar-refractivity contribution >= 4 is 23.4 Å². The van der Waals surface area contributed by atoms with Gasteiger partial charge in [0.25, 0.3) is 0 Å². The second-order valence-corrected chi connectivity index (χ2v) is 5.48. The molecule has 1 atom stereocenters. The normalized spacial score (nSPS) is 23.2. The van der Waals surface area contributed by atoms with Crippen LogP contribution in [0.1, 0.15) is 32.1 Å². The van der Waals surface area contributed by atoms with Crippen molar-refractivity contribution in [2.24, 2.45) is 0 Å². The molecule has 0 radical (unpaired) electrons. The molecule has 2 fully saturated rings. The Kier molecular flexibility index (Phi) is 5.45. The number of amides is 2. The zero-order valence-electron chi connectivity index (χ0n) is 11.1. The molecule has 2 amide bonds. The van der Waals surface area contributed by atoms with Gasteiger partial charge in [-0.25, -0.2) is 0 Å². The molecule has 2 rings (SSSR count). The van der Waals surface area contributed by atoms with Gasteiger partial charge in [0.2, 0.25) is 11.8 Å². The summed E-state index contributed by atoms with van der Waals surface area (Å²) in [4.78, 5) is 25.9. The van der Waals surface area contributed by atoms with Crippen molar-refractivity contribution in [3.8, 4) is 0 Å². The van der Waals surface area contributed by atoms with Gasteiger partial charge in [0, 0.05) is 24.9 Å². The first-order valence-corrected chi connectivity index (χ1v) is 7.49. The summed E-state index contributed by atoms with van der Waals surface area (Å²) in [6.07, 6.45) is 4.15. The fourth-order valence-electron chi connectivity index (χ4n) is 2.16. The number of halogens is 1. The number of nitrogens with one attached hydrogen (secondary N) is 1. The number of alkyl halides is 1. The van der Waals surface area contributed by atoms with E-state index in [9.17, 15) is 9.59 Å². The highest BCUT2D eigenvalue weighted by atomic mass is 35.5. The van der Waals surface area contributed by atoms with E-state index in [1.165, 1.54) is 0 Å². The molecule has 6 heteroatoms. The molecule has 1 aliphatic carbocycles. The lowest BCUT2D eigenvalue weighted by atomic mass is 10.1. The van der Waals surface area contributed by atoms with Crippen LogP contribution in [0.5, 0.6) is 0 Å². The third kappa shape index (κ3) is 4.35. The van der Waals surface area contributed by atoms with E-state index < -0.39 is 6.04 Å². The number of nitrogens with zero attached hydrogens (tertiary/aromatic N) is 1. The number of hydrogen-bond acceptors (Lipinski definition) is 3. The van der Waals surface area contributed by atoms with Gasteiger partial charge < -0.3 is 15.0 Å². The molecule has 1 aliphatic heterocycles. The predicted octanol–water partition coefficient (Wildman–Crippen LogP) is 0.901. The van der Waals surface area contributed by atoms with Crippen LogP contribution in [0.15, 0.2) is 0 Å². The minimum atomic E-state index is -0.460. The highest BCUT2D eigenvalue weighted by Gasteiger charge is 2.35. The van der Waals surface area contributed by atoms with Crippen LogP contribution in [0, 0.1) is 0 Å². The molecule has 1 heterocycles. The highest BCUT2D eigenvalue weighted by molar-refractivity contribution is 6.17. The molecular formula is C13H21ClN2O3. The maximum atomic E-state index is 12.1. The molecule has 0 bridgehead atoms. The minimum Gasteiger partial charge on any atom is -0.377 e. The highest BCUT2D eigenvalue weighted by Crippen LogP contribution is 2.20. The Morgan fingerprint density at radius 2 is 2.11 bits per heavy atom. The van der Waals surface area contributed by atoms with E-state index in [0.29, 0.717) is 38.1 Å². The van der Waals surface area contributed by atoms with E-state index in [4.69, 9.17) is 16.3 Å². The first-order chi connectivity index (χ1) is 9.22. The van der Waals surface area contributed by atoms with E-state index in [0.717, 1.165) is 25.7 Å². The van der Waals surface area contributed by atoms with Gasteiger partial charge in [-0.15, -0.1) is 11.6 Å². The Hall–Kier alpha value is -0.810.